The van der Waals surface area contributed by atoms with Crippen LogP contribution in [0.25, 0.3) is 21.3 Å². The van der Waals surface area contributed by atoms with E-state index in [2.05, 4.69) is 90.2 Å². The van der Waals surface area contributed by atoms with Gasteiger partial charge in [0.05, 0.1) is 0 Å². The van der Waals surface area contributed by atoms with Crippen molar-refractivity contribution in [3.05, 3.63) is 21.3 Å². The largest absolute Gasteiger partial charge is 6.00 e. The summed E-state index contributed by atoms with van der Waals surface area (Å²) >= 11 is 0. The smallest absolute Gasteiger partial charge is 0.678 e. The Bertz CT molecular complexity index is 275. The molecule has 0 heterocycles. The van der Waals surface area contributed by atoms with Gasteiger partial charge in [0.15, 0.2) is 0 Å². The van der Waals surface area contributed by atoms with Gasteiger partial charge in [-0.15, -0.1) is 12.1 Å². The molecule has 186 valence electrons. The molecular formula is C24H50N4O2Ru. The van der Waals surface area contributed by atoms with Crippen LogP contribution in [-0.2, 0) is 29.1 Å². The Morgan fingerprint density at radius 3 is 1.06 bits per heavy atom. The molecule has 0 fully saturated rings. The summed E-state index contributed by atoms with van der Waals surface area (Å²) < 4.78 is 0. The standard InChI is InChI=1S/2C11H24N2.2CHO.Ru/c2*1-5-8-11(12-9-6-2)13-10(4)7-3;2*1-2;/h2*10-11H,5-9H2,1-4H3;2*1H;/q2*-2;2*-1;+6. The molecule has 0 aliphatic carbocycles. The molecule has 7 heteroatoms. The number of carbonyl (C=O) groups excluding carboxylic acids is 2. The molecule has 0 saturated heterocycles. The second-order valence-electron chi connectivity index (χ2n) is 7.16. The minimum atomic E-state index is 0. The van der Waals surface area contributed by atoms with Crippen LogP contribution in [0.3, 0.4) is 0 Å². The first-order chi connectivity index (χ1) is 14.5. The quantitative estimate of drug-likeness (QED) is 0.118. The van der Waals surface area contributed by atoms with Gasteiger partial charge >= 0.3 is 19.5 Å². The Morgan fingerprint density at radius 1 is 0.581 bits per heavy atom. The van der Waals surface area contributed by atoms with Crippen LogP contribution >= 0.6 is 0 Å². The number of hydrogen-bond acceptors (Lipinski definition) is 2. The third-order valence-electron chi connectivity index (χ3n) is 4.26. The summed E-state index contributed by atoms with van der Waals surface area (Å²) in [4.78, 5) is 15.5. The van der Waals surface area contributed by atoms with Gasteiger partial charge in [-0.2, -0.15) is 13.1 Å². The zero-order chi connectivity index (χ0) is 24.2. The monoisotopic (exact) mass is 528 g/mol. The van der Waals surface area contributed by atoms with E-state index in [4.69, 9.17) is 9.59 Å². The van der Waals surface area contributed by atoms with E-state index < -0.39 is 0 Å². The Labute approximate surface area is 208 Å². The van der Waals surface area contributed by atoms with Crippen molar-refractivity contribution in [3.8, 4) is 0 Å². The molecule has 0 aromatic carbocycles. The van der Waals surface area contributed by atoms with Gasteiger partial charge in [-0.05, 0) is 0 Å². The predicted octanol–water partition coefficient (Wildman–Crippen LogP) is 7.59. The molecule has 0 aromatic rings. The average molecular weight is 528 g/mol. The molecule has 0 spiro atoms. The summed E-state index contributed by atoms with van der Waals surface area (Å²) in [7, 11) is 0. The number of rotatable bonds is 16. The van der Waals surface area contributed by atoms with Crippen molar-refractivity contribution in [1.82, 2.24) is 0 Å². The van der Waals surface area contributed by atoms with Crippen molar-refractivity contribution < 1.29 is 29.1 Å². The molecule has 31 heavy (non-hydrogen) atoms. The zero-order valence-electron chi connectivity index (χ0n) is 21.5. The van der Waals surface area contributed by atoms with Crippen molar-refractivity contribution in [3.63, 3.8) is 0 Å². The zero-order valence-corrected chi connectivity index (χ0v) is 23.2. The Hall–Kier alpha value is -0.197. The van der Waals surface area contributed by atoms with E-state index >= 15 is 0 Å². The topological polar surface area (TPSA) is 90.5 Å². The van der Waals surface area contributed by atoms with Gasteiger partial charge in [0, 0.05) is 0 Å². The van der Waals surface area contributed by atoms with Crippen LogP contribution in [0.2, 0.25) is 0 Å². The maximum atomic E-state index is 7.75. The van der Waals surface area contributed by atoms with E-state index in [9.17, 15) is 0 Å². The SMILES string of the molecule is CCC[N-]C(CCC)[N-]C(C)CC.CCC[N-]C(CCC)[N-]C(C)CC.[CH-]=O.[CH-]=O.[Ru+6]. The molecule has 4 unspecified atom stereocenters. The molecule has 0 saturated carbocycles. The summed E-state index contributed by atoms with van der Waals surface area (Å²) in [5.41, 5.74) is 0. The van der Waals surface area contributed by atoms with E-state index in [-0.39, 0.29) is 31.8 Å². The molecule has 0 rings (SSSR count). The molecule has 0 aliphatic rings. The van der Waals surface area contributed by atoms with Gasteiger partial charge < -0.3 is 30.9 Å². The van der Waals surface area contributed by atoms with Crippen molar-refractivity contribution in [1.29, 1.82) is 0 Å². The minimum Gasteiger partial charge on any atom is -0.678 e. The van der Waals surface area contributed by atoms with Crippen molar-refractivity contribution >= 4 is 13.6 Å². The Balaban J connectivity index is -0.000000122. The second kappa shape index (κ2) is 37.1. The maximum Gasteiger partial charge on any atom is 6.00 e. The van der Waals surface area contributed by atoms with E-state index in [0.29, 0.717) is 12.1 Å². The predicted molar refractivity (Wildman–Crippen MR) is 134 cm³/mol. The van der Waals surface area contributed by atoms with Crippen LogP contribution in [0.4, 0.5) is 0 Å². The molecule has 0 aliphatic heterocycles. The van der Waals surface area contributed by atoms with Gasteiger partial charge in [0.25, 0.3) is 0 Å². The molecule has 0 radical (unpaired) electrons. The first kappa shape index (κ1) is 41.1. The normalized spacial score (nSPS) is 13.4. The van der Waals surface area contributed by atoms with Crippen molar-refractivity contribution in [2.45, 2.75) is 131 Å². The maximum absolute atomic E-state index is 7.75. The summed E-state index contributed by atoms with van der Waals surface area (Å²) in [6.45, 7) is 25.8. The summed E-state index contributed by atoms with van der Waals surface area (Å²) in [5.74, 6) is 0. The number of nitrogens with zero attached hydrogens (tertiary/aromatic N) is 4. The van der Waals surface area contributed by atoms with Crippen molar-refractivity contribution in [2.75, 3.05) is 13.1 Å². The van der Waals surface area contributed by atoms with E-state index in [1.54, 1.807) is 0 Å². The first-order valence-electron chi connectivity index (χ1n) is 11.7. The molecule has 0 bridgehead atoms. The fourth-order valence-electron chi connectivity index (χ4n) is 2.30. The van der Waals surface area contributed by atoms with Gasteiger partial charge in [0.2, 0.25) is 0 Å². The van der Waals surface area contributed by atoms with Gasteiger partial charge in [0.1, 0.15) is 0 Å². The van der Waals surface area contributed by atoms with Gasteiger partial charge in [-0.1, -0.05) is 107 Å². The minimum absolute atomic E-state index is 0. The molecule has 0 aromatic heterocycles. The second-order valence-corrected chi connectivity index (χ2v) is 7.16. The van der Waals surface area contributed by atoms with Crippen molar-refractivity contribution in [2.24, 2.45) is 0 Å². The fraction of sp³-hybridized carbons (Fsp3) is 0.917. The fourth-order valence-corrected chi connectivity index (χ4v) is 2.30. The average Bonchev–Trinajstić information content (AvgIpc) is 2.79. The van der Waals surface area contributed by atoms with Crippen LogP contribution in [0.5, 0.6) is 0 Å². The Morgan fingerprint density at radius 2 is 0.871 bits per heavy atom. The van der Waals surface area contributed by atoms with Gasteiger partial charge in [-0.3, -0.25) is 13.6 Å². The summed E-state index contributed by atoms with van der Waals surface area (Å²) in [6, 6.07) is 0.939. The van der Waals surface area contributed by atoms with Crippen LogP contribution in [0.15, 0.2) is 0 Å². The van der Waals surface area contributed by atoms with Gasteiger partial charge in [-0.25, -0.2) is 12.3 Å². The third-order valence-corrected chi connectivity index (χ3v) is 4.26. The molecule has 4 atom stereocenters. The number of hydrogen-bond donors (Lipinski definition) is 0. The van der Waals surface area contributed by atoms with Crippen LogP contribution in [0.1, 0.15) is 107 Å². The molecule has 6 nitrogen and oxygen atoms in total. The summed E-state index contributed by atoms with van der Waals surface area (Å²) in [5, 5.41) is 18.4. The molecule has 0 amide bonds. The third kappa shape index (κ3) is 34.6. The van der Waals surface area contributed by atoms with Crippen LogP contribution in [0, 0.1) is 0 Å². The van der Waals surface area contributed by atoms with E-state index in [0.717, 1.165) is 51.6 Å². The first-order valence-corrected chi connectivity index (χ1v) is 11.7. The molecular weight excluding hydrogens is 477 g/mol. The Kier molecular flexibility index (Phi) is 49.2. The molecule has 0 N–H and O–H groups in total. The summed E-state index contributed by atoms with van der Waals surface area (Å²) in [6.07, 6.45) is 9.64. The van der Waals surface area contributed by atoms with E-state index in [1.807, 2.05) is 0 Å². The van der Waals surface area contributed by atoms with E-state index in [1.165, 1.54) is 12.8 Å². The van der Waals surface area contributed by atoms with Crippen LogP contribution in [-0.4, -0.2) is 51.1 Å². The van der Waals surface area contributed by atoms with Crippen LogP contribution < -0.4 is 0 Å².